The number of hydrogen-bond donors (Lipinski definition) is 3. The third-order valence-corrected chi connectivity index (χ3v) is 9.51. The number of rotatable bonds is 11. The molecule has 7 rings (SSSR count). The molecule has 0 bridgehead atoms. The average Bonchev–Trinajstić information content (AvgIpc) is 3.58. The molecule has 2 aliphatic rings. The van der Waals surface area contributed by atoms with E-state index >= 15 is 0 Å². The van der Waals surface area contributed by atoms with Crippen LogP contribution in [0.3, 0.4) is 0 Å². The van der Waals surface area contributed by atoms with Crippen LogP contribution in [0.5, 0.6) is 11.5 Å². The summed E-state index contributed by atoms with van der Waals surface area (Å²) in [5.41, 5.74) is 17.8. The molecule has 10 nitrogen and oxygen atoms in total. The van der Waals surface area contributed by atoms with Gasteiger partial charge in [-0.25, -0.2) is 9.80 Å². The number of nitrogens with two attached hydrogens (primary N) is 1. The number of carboxylic acid groups (broad SMARTS) is 1. The monoisotopic (exact) mass is 765 g/mol. The highest BCUT2D eigenvalue weighted by Gasteiger charge is 2.38. The molecule has 1 aliphatic carbocycles. The molecule has 0 aromatic heterocycles. The Morgan fingerprint density at radius 2 is 1.43 bits per heavy atom. The summed E-state index contributed by atoms with van der Waals surface area (Å²) in [6.45, 7) is 3.78. The third-order valence-electron chi connectivity index (χ3n) is 9.51. The number of halogens is 3. The Hall–Kier alpha value is -6.18. The topological polar surface area (TPSA) is 128 Å². The van der Waals surface area contributed by atoms with Crippen molar-refractivity contribution in [2.45, 2.75) is 38.5 Å². The molecule has 290 valence electrons. The lowest BCUT2D eigenvalue weighted by Crippen LogP contribution is -2.53. The number of carbonyl (C=O) groups excluding carboxylic acids is 2. The molecule has 1 saturated heterocycles. The van der Waals surface area contributed by atoms with Gasteiger partial charge in [0.1, 0.15) is 5.75 Å². The number of aliphatic carboxylic acids is 1. The number of ether oxygens (including phenoxy) is 1. The predicted molar refractivity (Wildman–Crippen MR) is 208 cm³/mol. The summed E-state index contributed by atoms with van der Waals surface area (Å²) in [5.74, 6) is -1.88. The van der Waals surface area contributed by atoms with Crippen molar-refractivity contribution < 1.29 is 37.4 Å². The van der Waals surface area contributed by atoms with Crippen LogP contribution in [0, 0.1) is 0 Å². The number of alkyl halides is 3. The molecule has 0 atom stereocenters. The van der Waals surface area contributed by atoms with Crippen molar-refractivity contribution in [1.29, 1.82) is 0 Å². The molecule has 56 heavy (non-hydrogen) atoms. The second-order valence-corrected chi connectivity index (χ2v) is 13.4. The molecule has 1 heterocycles. The maximum Gasteiger partial charge on any atom is 0.490 e. The number of benzene rings is 5. The van der Waals surface area contributed by atoms with E-state index in [1.165, 1.54) is 27.9 Å². The van der Waals surface area contributed by atoms with Crippen molar-refractivity contribution in [2.24, 2.45) is 5.73 Å². The quantitative estimate of drug-likeness (QED) is 0.125. The van der Waals surface area contributed by atoms with Crippen molar-refractivity contribution in [2.75, 3.05) is 36.0 Å². The van der Waals surface area contributed by atoms with Crippen LogP contribution < -0.4 is 25.7 Å². The van der Waals surface area contributed by atoms with E-state index in [1.807, 2.05) is 71.7 Å². The summed E-state index contributed by atoms with van der Waals surface area (Å²) in [7, 11) is 0. The predicted octanol–water partition coefficient (Wildman–Crippen LogP) is 7.31. The fraction of sp³-hybridized carbons (Fsp3) is 0.233. The SMILES string of the molecule is NCc1cccc(Oc2ccccc2N(Cc2ccc3c(c2)Cc2ccccc2-3)C(=O)CCC(=O)NN2CCN(c3ccccc3)CC2)c1.O=C(O)C(F)(F)F. The van der Waals surface area contributed by atoms with Crippen LogP contribution in [-0.2, 0) is 33.9 Å². The van der Waals surface area contributed by atoms with Gasteiger partial charge < -0.3 is 25.4 Å². The fourth-order valence-electron chi connectivity index (χ4n) is 6.72. The summed E-state index contributed by atoms with van der Waals surface area (Å²) in [6.07, 6.45) is -4.08. The summed E-state index contributed by atoms with van der Waals surface area (Å²) in [5, 5.41) is 9.07. The molecule has 0 spiro atoms. The zero-order chi connectivity index (χ0) is 39.7. The minimum Gasteiger partial charge on any atom is -0.475 e. The minimum atomic E-state index is -5.08. The average molecular weight is 766 g/mol. The Balaban J connectivity index is 0.000000695. The van der Waals surface area contributed by atoms with E-state index in [-0.39, 0.29) is 24.7 Å². The molecule has 2 amide bonds. The van der Waals surface area contributed by atoms with Crippen molar-refractivity contribution >= 4 is 29.2 Å². The highest BCUT2D eigenvalue weighted by molar-refractivity contribution is 5.96. The normalized spacial score (nSPS) is 13.5. The molecule has 1 aliphatic heterocycles. The summed E-state index contributed by atoms with van der Waals surface area (Å²) < 4.78 is 38.1. The van der Waals surface area contributed by atoms with Crippen LogP contribution in [0.1, 0.15) is 35.1 Å². The van der Waals surface area contributed by atoms with Gasteiger partial charge in [0.15, 0.2) is 5.75 Å². The number of fused-ring (bicyclic) bond motifs is 3. The Kier molecular flexibility index (Phi) is 12.7. The van der Waals surface area contributed by atoms with E-state index in [9.17, 15) is 22.8 Å². The molecule has 13 heteroatoms. The molecule has 1 fully saturated rings. The number of anilines is 2. The first-order chi connectivity index (χ1) is 27.0. The van der Waals surface area contributed by atoms with Crippen LogP contribution in [-0.4, -0.2) is 60.3 Å². The first-order valence-corrected chi connectivity index (χ1v) is 18.2. The summed E-state index contributed by atoms with van der Waals surface area (Å²) in [6, 6.07) is 40.5. The first-order valence-electron chi connectivity index (χ1n) is 18.2. The van der Waals surface area contributed by atoms with Gasteiger partial charge in [0.2, 0.25) is 11.8 Å². The molecule has 5 aromatic carbocycles. The van der Waals surface area contributed by atoms with E-state index in [0.717, 1.165) is 30.6 Å². The number of carboxylic acids is 1. The van der Waals surface area contributed by atoms with Crippen LogP contribution in [0.15, 0.2) is 121 Å². The third kappa shape index (κ3) is 10.1. The second kappa shape index (κ2) is 18.0. The second-order valence-electron chi connectivity index (χ2n) is 13.4. The number of nitrogens with one attached hydrogen (secondary N) is 1. The van der Waals surface area contributed by atoms with Crippen LogP contribution in [0.4, 0.5) is 24.5 Å². The van der Waals surface area contributed by atoms with Crippen molar-refractivity contribution in [3.8, 4) is 22.6 Å². The number of nitrogens with zero attached hydrogens (tertiary/aromatic N) is 3. The lowest BCUT2D eigenvalue weighted by atomic mass is 10.0. The Morgan fingerprint density at radius 3 is 2.16 bits per heavy atom. The van der Waals surface area contributed by atoms with Gasteiger partial charge in [-0.15, -0.1) is 0 Å². The van der Waals surface area contributed by atoms with Gasteiger partial charge in [0, 0.05) is 51.3 Å². The van der Waals surface area contributed by atoms with E-state index in [4.69, 9.17) is 20.4 Å². The molecular formula is C43H42F3N5O5. The highest BCUT2D eigenvalue weighted by atomic mass is 19.4. The lowest BCUT2D eigenvalue weighted by Gasteiger charge is -2.36. The highest BCUT2D eigenvalue weighted by Crippen LogP contribution is 2.38. The maximum atomic E-state index is 14.1. The first kappa shape index (κ1) is 39.5. The number of amides is 2. The summed E-state index contributed by atoms with van der Waals surface area (Å²) >= 11 is 0. The lowest BCUT2D eigenvalue weighted by molar-refractivity contribution is -0.192. The van der Waals surface area contributed by atoms with Gasteiger partial charge in [0.05, 0.1) is 12.2 Å². The number of carbonyl (C=O) groups is 3. The van der Waals surface area contributed by atoms with Crippen LogP contribution in [0.2, 0.25) is 0 Å². The number of hydrogen-bond acceptors (Lipinski definition) is 7. The van der Waals surface area contributed by atoms with Crippen LogP contribution in [0.25, 0.3) is 11.1 Å². The van der Waals surface area contributed by atoms with E-state index < -0.39 is 12.1 Å². The molecule has 0 radical (unpaired) electrons. The molecule has 5 aromatic rings. The van der Waals surface area contributed by atoms with Gasteiger partial charge in [-0.2, -0.15) is 13.2 Å². The number of piperazine rings is 1. The van der Waals surface area contributed by atoms with Gasteiger partial charge in [-0.3, -0.25) is 15.0 Å². The van der Waals surface area contributed by atoms with Crippen molar-refractivity contribution in [3.05, 3.63) is 144 Å². The van der Waals surface area contributed by atoms with Crippen molar-refractivity contribution in [1.82, 2.24) is 10.4 Å². The van der Waals surface area contributed by atoms with E-state index in [2.05, 4.69) is 64.9 Å². The number of hydrazine groups is 1. The van der Waals surface area contributed by atoms with Gasteiger partial charge in [-0.1, -0.05) is 84.9 Å². The maximum absolute atomic E-state index is 14.1. The molecule has 0 saturated carbocycles. The van der Waals surface area contributed by atoms with Crippen LogP contribution >= 0.6 is 0 Å². The number of para-hydroxylation sites is 3. The standard InChI is InChI=1S/C41H41N5O3.C2HF3O2/c42-28-30-9-8-13-35(26-30)49-39-16-7-6-15-38(39)46(29-31-17-18-37-33(25-31)27-32-10-4-5-14-36(32)37)41(48)20-19-40(47)43-45-23-21-44(22-24-45)34-11-2-1-3-12-34;3-2(4,5)1(6)7/h1-18,25-26H,19-24,27-29,42H2,(H,43,47);(H,6,7). The zero-order valence-corrected chi connectivity index (χ0v) is 30.5. The zero-order valence-electron chi connectivity index (χ0n) is 30.5. The Morgan fingerprint density at radius 1 is 0.750 bits per heavy atom. The smallest absolute Gasteiger partial charge is 0.475 e. The van der Waals surface area contributed by atoms with E-state index in [0.29, 0.717) is 43.4 Å². The molecule has 4 N–H and O–H groups in total. The van der Waals surface area contributed by atoms with E-state index in [1.54, 1.807) is 4.90 Å². The van der Waals surface area contributed by atoms with Gasteiger partial charge in [-0.05, 0) is 76.2 Å². The van der Waals surface area contributed by atoms with Gasteiger partial charge in [0.25, 0.3) is 0 Å². The Bertz CT molecular complexity index is 2160. The fourth-order valence-corrected chi connectivity index (χ4v) is 6.72. The minimum absolute atomic E-state index is 0.0587. The van der Waals surface area contributed by atoms with Crippen molar-refractivity contribution in [3.63, 3.8) is 0 Å². The molecular weight excluding hydrogens is 723 g/mol. The summed E-state index contributed by atoms with van der Waals surface area (Å²) in [4.78, 5) is 40.2. The Labute approximate surface area is 322 Å². The largest absolute Gasteiger partial charge is 0.490 e. The molecule has 0 unspecified atom stereocenters. The van der Waals surface area contributed by atoms with Gasteiger partial charge >= 0.3 is 12.1 Å².